The number of aryl methyl sites for hydroxylation is 2. The lowest BCUT2D eigenvalue weighted by Gasteiger charge is -2.07. The van der Waals surface area contributed by atoms with Gasteiger partial charge in [-0.25, -0.2) is 14.6 Å². The predicted octanol–water partition coefficient (Wildman–Crippen LogP) is 3.76. The number of hydrogen-bond donors (Lipinski definition) is 3. The number of benzene rings is 1. The summed E-state index contributed by atoms with van der Waals surface area (Å²) in [6, 6.07) is 3.58. The molecule has 0 saturated heterocycles. The van der Waals surface area contributed by atoms with E-state index < -0.39 is 12.0 Å². The lowest BCUT2D eigenvalue weighted by atomic mass is 10.2. The molecule has 21 heavy (non-hydrogen) atoms. The van der Waals surface area contributed by atoms with Gasteiger partial charge >= 0.3 is 12.0 Å². The van der Waals surface area contributed by atoms with E-state index in [2.05, 4.69) is 15.6 Å². The number of amides is 2. The van der Waals surface area contributed by atoms with E-state index in [1.807, 2.05) is 13.8 Å². The average Bonchev–Trinajstić information content (AvgIpc) is 2.66. The van der Waals surface area contributed by atoms with Gasteiger partial charge in [0.15, 0.2) is 5.13 Å². The lowest BCUT2D eigenvalue weighted by molar-refractivity contribution is 0.0697. The van der Waals surface area contributed by atoms with Gasteiger partial charge in [0.2, 0.25) is 0 Å². The van der Waals surface area contributed by atoms with Crippen LogP contribution in [0.4, 0.5) is 15.6 Å². The Hall–Kier alpha value is -2.12. The summed E-state index contributed by atoms with van der Waals surface area (Å²) >= 11 is 7.18. The molecular formula is C13H12ClN3O3S. The molecule has 110 valence electrons. The molecule has 8 heteroatoms. The fourth-order valence-corrected chi connectivity index (χ4v) is 2.62. The highest BCUT2D eigenvalue weighted by molar-refractivity contribution is 7.15. The Morgan fingerprint density at radius 3 is 2.52 bits per heavy atom. The third-order valence-corrected chi connectivity index (χ3v) is 3.86. The molecule has 6 nitrogen and oxygen atoms in total. The molecule has 0 aliphatic rings. The van der Waals surface area contributed by atoms with Crippen molar-refractivity contribution in [3.05, 3.63) is 39.4 Å². The van der Waals surface area contributed by atoms with Crippen molar-refractivity contribution in [2.45, 2.75) is 13.8 Å². The van der Waals surface area contributed by atoms with E-state index in [1.165, 1.54) is 29.5 Å². The van der Waals surface area contributed by atoms with Gasteiger partial charge in [-0.3, -0.25) is 5.32 Å². The van der Waals surface area contributed by atoms with Crippen LogP contribution in [0.5, 0.6) is 0 Å². The van der Waals surface area contributed by atoms with E-state index >= 15 is 0 Å². The number of thiazole rings is 1. The van der Waals surface area contributed by atoms with Crippen molar-refractivity contribution in [1.82, 2.24) is 4.98 Å². The van der Waals surface area contributed by atoms with E-state index in [1.54, 1.807) is 0 Å². The van der Waals surface area contributed by atoms with Crippen LogP contribution in [0.1, 0.15) is 20.9 Å². The first-order valence-electron chi connectivity index (χ1n) is 5.91. The number of carbonyl (C=O) groups excluding carboxylic acids is 1. The first-order chi connectivity index (χ1) is 9.85. The van der Waals surface area contributed by atoms with Crippen molar-refractivity contribution in [3.8, 4) is 0 Å². The highest BCUT2D eigenvalue weighted by atomic mass is 35.5. The maximum absolute atomic E-state index is 11.8. The number of carboxylic acids is 1. The van der Waals surface area contributed by atoms with Crippen molar-refractivity contribution >= 4 is 45.8 Å². The van der Waals surface area contributed by atoms with Crippen LogP contribution in [0.3, 0.4) is 0 Å². The molecule has 1 heterocycles. The number of aromatic nitrogens is 1. The molecule has 2 aromatic rings. The van der Waals surface area contributed by atoms with Gasteiger partial charge < -0.3 is 10.4 Å². The Morgan fingerprint density at radius 2 is 1.95 bits per heavy atom. The summed E-state index contributed by atoms with van der Waals surface area (Å²) in [5.41, 5.74) is 1.15. The summed E-state index contributed by atoms with van der Waals surface area (Å²) in [7, 11) is 0. The Balaban J connectivity index is 2.10. The van der Waals surface area contributed by atoms with Crippen molar-refractivity contribution in [2.24, 2.45) is 0 Å². The van der Waals surface area contributed by atoms with Gasteiger partial charge in [-0.1, -0.05) is 11.6 Å². The molecule has 1 aromatic carbocycles. The number of halogens is 1. The second-order valence-corrected chi connectivity index (χ2v) is 5.91. The van der Waals surface area contributed by atoms with E-state index in [-0.39, 0.29) is 10.6 Å². The molecular weight excluding hydrogens is 314 g/mol. The van der Waals surface area contributed by atoms with Gasteiger partial charge in [-0.2, -0.15) is 0 Å². The molecule has 0 bridgehead atoms. The summed E-state index contributed by atoms with van der Waals surface area (Å²) in [4.78, 5) is 28.0. The molecule has 3 N–H and O–H groups in total. The van der Waals surface area contributed by atoms with Gasteiger partial charge in [0.05, 0.1) is 11.3 Å². The first-order valence-corrected chi connectivity index (χ1v) is 7.10. The quantitative estimate of drug-likeness (QED) is 0.801. The van der Waals surface area contributed by atoms with Crippen molar-refractivity contribution < 1.29 is 14.7 Å². The Morgan fingerprint density at radius 1 is 1.24 bits per heavy atom. The molecule has 1 aromatic heterocycles. The molecule has 0 saturated carbocycles. The largest absolute Gasteiger partial charge is 0.478 e. The van der Waals surface area contributed by atoms with Crippen LogP contribution in [0.15, 0.2) is 18.2 Å². The Labute approximate surface area is 129 Å². The van der Waals surface area contributed by atoms with Crippen LogP contribution >= 0.6 is 22.9 Å². The molecule has 0 unspecified atom stereocenters. The maximum Gasteiger partial charge on any atom is 0.335 e. The molecule has 0 aliphatic heterocycles. The van der Waals surface area contributed by atoms with E-state index in [0.717, 1.165) is 10.6 Å². The second-order valence-electron chi connectivity index (χ2n) is 4.27. The van der Waals surface area contributed by atoms with Crippen molar-refractivity contribution in [1.29, 1.82) is 0 Å². The first kappa shape index (κ1) is 15.3. The number of carboxylic acid groups (broad SMARTS) is 1. The molecule has 0 spiro atoms. The highest BCUT2D eigenvalue weighted by Crippen LogP contribution is 2.22. The average molecular weight is 326 g/mol. The lowest BCUT2D eigenvalue weighted by Crippen LogP contribution is -2.19. The van der Waals surface area contributed by atoms with Crippen LogP contribution in [0, 0.1) is 13.8 Å². The van der Waals surface area contributed by atoms with Crippen LogP contribution in [-0.2, 0) is 0 Å². The van der Waals surface area contributed by atoms with Crippen molar-refractivity contribution in [2.75, 3.05) is 10.6 Å². The van der Waals surface area contributed by atoms with Gasteiger partial charge in [0.1, 0.15) is 0 Å². The fourth-order valence-electron chi connectivity index (χ4n) is 1.57. The number of anilines is 2. The smallest absolute Gasteiger partial charge is 0.335 e. The molecule has 2 amide bonds. The number of urea groups is 1. The van der Waals surface area contributed by atoms with Gasteiger partial charge in [0, 0.05) is 15.6 Å². The van der Waals surface area contributed by atoms with Crippen LogP contribution in [0.25, 0.3) is 0 Å². The summed E-state index contributed by atoms with van der Waals surface area (Å²) in [5, 5.41) is 14.8. The zero-order chi connectivity index (χ0) is 15.6. The second kappa shape index (κ2) is 6.11. The number of nitrogens with zero attached hydrogens (tertiary/aromatic N) is 1. The number of aromatic carboxylic acids is 1. The standard InChI is InChI=1S/C13H12ClN3O3S/c1-6-7(2)21-13(15-6)17-12(20)16-10-4-8(11(18)19)3-9(14)5-10/h3-5H,1-2H3,(H,18,19)(H2,15,16,17,20). The molecule has 0 radical (unpaired) electrons. The number of hydrogen-bond acceptors (Lipinski definition) is 4. The van der Waals surface area contributed by atoms with Gasteiger partial charge in [0.25, 0.3) is 0 Å². The van der Waals surface area contributed by atoms with Crippen LogP contribution < -0.4 is 10.6 Å². The minimum absolute atomic E-state index is 0.00117. The molecule has 0 atom stereocenters. The third-order valence-electron chi connectivity index (χ3n) is 2.65. The van der Waals surface area contributed by atoms with Gasteiger partial charge in [-0.15, -0.1) is 11.3 Å². The Kier molecular flexibility index (Phi) is 4.44. The zero-order valence-corrected chi connectivity index (χ0v) is 12.8. The molecule has 2 rings (SSSR count). The van der Waals surface area contributed by atoms with E-state index in [4.69, 9.17) is 16.7 Å². The minimum Gasteiger partial charge on any atom is -0.478 e. The summed E-state index contributed by atoms with van der Waals surface area (Å²) in [6.07, 6.45) is 0. The summed E-state index contributed by atoms with van der Waals surface area (Å²) in [5.74, 6) is -1.12. The maximum atomic E-state index is 11.8. The van der Waals surface area contributed by atoms with Gasteiger partial charge in [-0.05, 0) is 32.0 Å². The van der Waals surface area contributed by atoms with Crippen molar-refractivity contribution in [3.63, 3.8) is 0 Å². The summed E-state index contributed by atoms with van der Waals surface area (Å²) in [6.45, 7) is 3.76. The van der Waals surface area contributed by atoms with E-state index in [9.17, 15) is 9.59 Å². The number of carbonyl (C=O) groups is 2. The number of rotatable bonds is 3. The predicted molar refractivity (Wildman–Crippen MR) is 82.6 cm³/mol. The highest BCUT2D eigenvalue weighted by Gasteiger charge is 2.10. The van der Waals surface area contributed by atoms with Crippen LogP contribution in [-0.4, -0.2) is 22.1 Å². The summed E-state index contributed by atoms with van der Waals surface area (Å²) < 4.78 is 0. The molecule has 0 aliphatic carbocycles. The SMILES string of the molecule is Cc1nc(NC(=O)Nc2cc(Cl)cc(C(=O)O)c2)sc1C. The monoisotopic (exact) mass is 325 g/mol. The third kappa shape index (κ3) is 3.93. The zero-order valence-electron chi connectivity index (χ0n) is 11.2. The van der Waals surface area contributed by atoms with Crippen LogP contribution in [0.2, 0.25) is 5.02 Å². The Bertz CT molecular complexity index is 695. The normalized spacial score (nSPS) is 10.2. The topological polar surface area (TPSA) is 91.3 Å². The van der Waals surface area contributed by atoms with E-state index in [0.29, 0.717) is 10.8 Å². The fraction of sp³-hybridized carbons (Fsp3) is 0.154. The minimum atomic E-state index is -1.12. The molecule has 0 fully saturated rings. The number of nitrogens with one attached hydrogen (secondary N) is 2.